The van der Waals surface area contributed by atoms with Crippen LogP contribution in [0.1, 0.15) is 0 Å². The first-order valence-electron chi connectivity index (χ1n) is 5.92. The number of rotatable bonds is 1. The summed E-state index contributed by atoms with van der Waals surface area (Å²) in [7, 11) is 0. The molecule has 0 aliphatic carbocycles. The normalized spacial score (nSPS) is 11.3. The third kappa shape index (κ3) is 1.27. The van der Waals surface area contributed by atoms with Gasteiger partial charge in [0.15, 0.2) is 0 Å². The van der Waals surface area contributed by atoms with E-state index in [9.17, 15) is 0 Å². The van der Waals surface area contributed by atoms with Crippen LogP contribution in [0.2, 0.25) is 0 Å². The molecule has 0 fully saturated rings. The van der Waals surface area contributed by atoms with Gasteiger partial charge in [-0.05, 0) is 30.3 Å². The highest BCUT2D eigenvalue weighted by Crippen LogP contribution is 2.26. The minimum atomic E-state index is 1.08. The number of fused-ring (bicyclic) bond motifs is 3. The third-order valence-electron chi connectivity index (χ3n) is 3.26. The number of para-hydroxylation sites is 1. The zero-order chi connectivity index (χ0) is 11.9. The predicted octanol–water partition coefficient (Wildman–Crippen LogP) is 3.51. The van der Waals surface area contributed by atoms with E-state index in [0.717, 1.165) is 11.2 Å². The van der Waals surface area contributed by atoms with E-state index in [1.165, 1.54) is 16.3 Å². The van der Waals surface area contributed by atoms with Gasteiger partial charge in [-0.3, -0.25) is 0 Å². The van der Waals surface area contributed by atoms with Crippen molar-refractivity contribution >= 4 is 21.8 Å². The highest BCUT2D eigenvalue weighted by molar-refractivity contribution is 6.07. The highest BCUT2D eigenvalue weighted by Gasteiger charge is 2.05. The van der Waals surface area contributed by atoms with Crippen molar-refractivity contribution in [2.24, 2.45) is 0 Å². The molecule has 18 heavy (non-hydrogen) atoms. The average molecular weight is 233 g/mol. The van der Waals surface area contributed by atoms with Crippen molar-refractivity contribution in [3.63, 3.8) is 0 Å². The van der Waals surface area contributed by atoms with Gasteiger partial charge in [0.1, 0.15) is 0 Å². The number of nitrogens with one attached hydrogen (secondary N) is 1. The van der Waals surface area contributed by atoms with Crippen LogP contribution in [0.3, 0.4) is 0 Å². The highest BCUT2D eigenvalue weighted by atomic mass is 15.3. The summed E-state index contributed by atoms with van der Waals surface area (Å²) >= 11 is 0. The Hall–Kier alpha value is -2.55. The molecule has 0 saturated heterocycles. The zero-order valence-electron chi connectivity index (χ0n) is 9.67. The van der Waals surface area contributed by atoms with Crippen molar-refractivity contribution in [3.8, 4) is 5.69 Å². The predicted molar refractivity (Wildman–Crippen MR) is 72.9 cm³/mol. The molecule has 1 N–H and O–H groups in total. The lowest BCUT2D eigenvalue weighted by atomic mass is 10.1. The van der Waals surface area contributed by atoms with Crippen molar-refractivity contribution in [2.45, 2.75) is 0 Å². The van der Waals surface area contributed by atoms with Crippen LogP contribution in [-0.4, -0.2) is 14.8 Å². The Morgan fingerprint density at radius 2 is 1.78 bits per heavy atom. The maximum Gasteiger partial charge on any atom is 0.0653 e. The van der Waals surface area contributed by atoms with Crippen molar-refractivity contribution in [1.29, 1.82) is 0 Å². The number of benzene rings is 2. The van der Waals surface area contributed by atoms with E-state index >= 15 is 0 Å². The van der Waals surface area contributed by atoms with Gasteiger partial charge in [-0.1, -0.05) is 18.2 Å². The number of hydrogen-bond acceptors (Lipinski definition) is 1. The van der Waals surface area contributed by atoms with Crippen molar-refractivity contribution in [1.82, 2.24) is 14.8 Å². The van der Waals surface area contributed by atoms with Crippen molar-refractivity contribution < 1.29 is 0 Å². The molecule has 2 aromatic carbocycles. The molecule has 0 unspecified atom stereocenters. The maximum absolute atomic E-state index is 4.26. The second kappa shape index (κ2) is 3.47. The molecule has 0 saturated carbocycles. The van der Waals surface area contributed by atoms with Crippen LogP contribution in [0.15, 0.2) is 60.9 Å². The molecular formula is C15H11N3. The fraction of sp³-hybridized carbons (Fsp3) is 0. The van der Waals surface area contributed by atoms with Gasteiger partial charge in [-0.25, -0.2) is 4.68 Å². The average Bonchev–Trinajstić information content (AvgIpc) is 3.05. The SMILES string of the molecule is c1ccc2c(c1)[nH]c1ccc(-n3cccn3)cc12. The fourth-order valence-corrected chi connectivity index (χ4v) is 2.40. The van der Waals surface area contributed by atoms with E-state index in [1.807, 2.05) is 23.0 Å². The van der Waals surface area contributed by atoms with Crippen LogP contribution in [-0.2, 0) is 0 Å². The van der Waals surface area contributed by atoms with E-state index < -0.39 is 0 Å². The van der Waals surface area contributed by atoms with Crippen LogP contribution in [0, 0.1) is 0 Å². The Morgan fingerprint density at radius 1 is 0.889 bits per heavy atom. The van der Waals surface area contributed by atoms with Crippen LogP contribution < -0.4 is 0 Å². The lowest BCUT2D eigenvalue weighted by molar-refractivity contribution is 0.882. The summed E-state index contributed by atoms with van der Waals surface area (Å²) in [6.07, 6.45) is 3.75. The van der Waals surface area contributed by atoms with E-state index in [1.54, 1.807) is 6.20 Å². The molecule has 0 amide bonds. The minimum Gasteiger partial charge on any atom is -0.355 e. The number of aromatic nitrogens is 3. The Balaban J connectivity index is 2.07. The molecule has 86 valence electrons. The summed E-state index contributed by atoms with van der Waals surface area (Å²) in [5, 5.41) is 6.75. The van der Waals surface area contributed by atoms with Crippen LogP contribution in [0.5, 0.6) is 0 Å². The molecule has 0 spiro atoms. The maximum atomic E-state index is 4.26. The molecule has 2 heterocycles. The standard InChI is InChI=1S/C15H11N3/c1-2-5-14-12(4-1)13-10-11(6-7-15(13)17-14)18-9-3-8-16-18/h1-10,17H. The van der Waals surface area contributed by atoms with Crippen molar-refractivity contribution in [3.05, 3.63) is 60.9 Å². The molecule has 0 aliphatic heterocycles. The van der Waals surface area contributed by atoms with Gasteiger partial charge in [-0.15, -0.1) is 0 Å². The smallest absolute Gasteiger partial charge is 0.0653 e. The van der Waals surface area contributed by atoms with Gasteiger partial charge >= 0.3 is 0 Å². The van der Waals surface area contributed by atoms with Crippen LogP contribution >= 0.6 is 0 Å². The Kier molecular flexibility index (Phi) is 1.83. The summed E-state index contributed by atoms with van der Waals surface area (Å²) < 4.78 is 1.88. The number of H-pyrrole nitrogens is 1. The van der Waals surface area contributed by atoms with E-state index in [2.05, 4.69) is 46.5 Å². The summed E-state index contributed by atoms with van der Waals surface area (Å²) in [6.45, 7) is 0. The van der Waals surface area contributed by atoms with Crippen LogP contribution in [0.25, 0.3) is 27.5 Å². The largest absolute Gasteiger partial charge is 0.355 e. The molecule has 4 aromatic rings. The summed E-state index contributed by atoms with van der Waals surface area (Å²) in [5.41, 5.74) is 3.41. The summed E-state index contributed by atoms with van der Waals surface area (Å²) in [4.78, 5) is 3.42. The van der Waals surface area contributed by atoms with E-state index in [-0.39, 0.29) is 0 Å². The van der Waals surface area contributed by atoms with Crippen LogP contribution in [0.4, 0.5) is 0 Å². The van der Waals surface area contributed by atoms with Gasteiger partial charge in [0.25, 0.3) is 0 Å². The van der Waals surface area contributed by atoms with Gasteiger partial charge in [0.05, 0.1) is 5.69 Å². The van der Waals surface area contributed by atoms with Gasteiger partial charge in [0, 0.05) is 34.2 Å². The molecule has 2 aromatic heterocycles. The summed E-state index contributed by atoms with van der Waals surface area (Å²) in [5.74, 6) is 0. The zero-order valence-corrected chi connectivity index (χ0v) is 9.67. The number of hydrogen-bond donors (Lipinski definition) is 1. The Morgan fingerprint density at radius 3 is 2.67 bits per heavy atom. The fourth-order valence-electron chi connectivity index (χ4n) is 2.40. The first-order chi connectivity index (χ1) is 8.92. The molecule has 3 nitrogen and oxygen atoms in total. The number of aromatic amines is 1. The second-order valence-corrected chi connectivity index (χ2v) is 4.35. The molecule has 0 radical (unpaired) electrons. The molecule has 3 heteroatoms. The summed E-state index contributed by atoms with van der Waals surface area (Å²) in [6, 6.07) is 16.6. The first kappa shape index (κ1) is 9.48. The third-order valence-corrected chi connectivity index (χ3v) is 3.26. The second-order valence-electron chi connectivity index (χ2n) is 4.35. The Bertz CT molecular complexity index is 825. The quantitative estimate of drug-likeness (QED) is 0.536. The molecule has 0 atom stereocenters. The van der Waals surface area contributed by atoms with E-state index in [4.69, 9.17) is 0 Å². The van der Waals surface area contributed by atoms with E-state index in [0.29, 0.717) is 0 Å². The minimum absolute atomic E-state index is 1.08. The molecule has 0 aliphatic rings. The Labute approximate surface area is 104 Å². The molecule has 4 rings (SSSR count). The molecular weight excluding hydrogens is 222 g/mol. The van der Waals surface area contributed by atoms with Crippen molar-refractivity contribution in [2.75, 3.05) is 0 Å². The monoisotopic (exact) mass is 233 g/mol. The molecule has 0 bridgehead atoms. The topological polar surface area (TPSA) is 33.6 Å². The number of nitrogens with zero attached hydrogens (tertiary/aromatic N) is 2. The van der Waals surface area contributed by atoms with Gasteiger partial charge in [0.2, 0.25) is 0 Å². The van der Waals surface area contributed by atoms with Gasteiger partial charge < -0.3 is 4.98 Å². The lowest BCUT2D eigenvalue weighted by Gasteiger charge is -2.01. The lowest BCUT2D eigenvalue weighted by Crippen LogP contribution is -1.92. The van der Waals surface area contributed by atoms with Gasteiger partial charge in [-0.2, -0.15) is 5.10 Å². The first-order valence-corrected chi connectivity index (χ1v) is 5.92.